The van der Waals surface area contributed by atoms with Crippen molar-refractivity contribution >= 4 is 22.6 Å². The van der Waals surface area contributed by atoms with Crippen LogP contribution in [0.5, 0.6) is 0 Å². The van der Waals surface area contributed by atoms with Gasteiger partial charge in [0.15, 0.2) is 0 Å². The van der Waals surface area contributed by atoms with E-state index in [4.69, 9.17) is 0 Å². The summed E-state index contributed by atoms with van der Waals surface area (Å²) in [4.78, 5) is 4.39. The summed E-state index contributed by atoms with van der Waals surface area (Å²) in [6, 6.07) is 4.73. The Hall–Kier alpha value is -0.160. The predicted molar refractivity (Wildman–Crippen MR) is 56.9 cm³/mol. The van der Waals surface area contributed by atoms with Crippen molar-refractivity contribution in [3.63, 3.8) is 0 Å². The molecular weight excluding hydrogens is 263 g/mol. The third-order valence-corrected chi connectivity index (χ3v) is 2.81. The number of aromatic nitrogens is 1. The van der Waals surface area contributed by atoms with Gasteiger partial charge < -0.3 is 5.32 Å². The minimum Gasteiger partial charge on any atom is -0.309 e. The third kappa shape index (κ3) is 1.77. The van der Waals surface area contributed by atoms with Crippen molar-refractivity contribution in [3.05, 3.63) is 27.6 Å². The van der Waals surface area contributed by atoms with Gasteiger partial charge in [0, 0.05) is 15.8 Å². The van der Waals surface area contributed by atoms with Gasteiger partial charge in [-0.3, -0.25) is 4.98 Å². The molecule has 2 rings (SSSR count). The Kier molecular flexibility index (Phi) is 2.60. The molecule has 0 aliphatic carbocycles. The number of rotatable bonds is 1. The summed E-state index contributed by atoms with van der Waals surface area (Å²) < 4.78 is 1.20. The van der Waals surface area contributed by atoms with E-state index in [1.165, 1.54) is 22.1 Å². The number of nitrogens with zero attached hydrogens (tertiary/aromatic N) is 1. The molecule has 1 atom stereocenters. The quantitative estimate of drug-likeness (QED) is 0.793. The van der Waals surface area contributed by atoms with Gasteiger partial charge in [-0.2, -0.15) is 0 Å². The van der Waals surface area contributed by atoms with Crippen molar-refractivity contribution < 1.29 is 0 Å². The molecule has 1 aliphatic rings. The number of nitrogens with one attached hydrogen (secondary N) is 1. The van der Waals surface area contributed by atoms with Gasteiger partial charge in [0.2, 0.25) is 0 Å². The molecule has 2 heterocycles. The number of halogens is 1. The van der Waals surface area contributed by atoms with Crippen molar-refractivity contribution in [2.45, 2.75) is 18.9 Å². The van der Waals surface area contributed by atoms with Gasteiger partial charge in [0.05, 0.1) is 5.69 Å². The first-order valence-corrected chi connectivity index (χ1v) is 5.29. The van der Waals surface area contributed by atoms with Crippen LogP contribution in [0.2, 0.25) is 0 Å². The van der Waals surface area contributed by atoms with Crippen LogP contribution in [0.1, 0.15) is 24.6 Å². The van der Waals surface area contributed by atoms with E-state index in [0.29, 0.717) is 6.04 Å². The lowest BCUT2D eigenvalue weighted by atomic mass is 10.1. The topological polar surface area (TPSA) is 24.9 Å². The molecule has 1 saturated heterocycles. The van der Waals surface area contributed by atoms with E-state index in [1.807, 2.05) is 6.20 Å². The second kappa shape index (κ2) is 3.70. The Balaban J connectivity index is 2.17. The van der Waals surface area contributed by atoms with Crippen LogP contribution < -0.4 is 5.32 Å². The van der Waals surface area contributed by atoms with Crippen LogP contribution >= 0.6 is 22.6 Å². The molecule has 0 radical (unpaired) electrons. The highest BCUT2D eigenvalue weighted by atomic mass is 127. The van der Waals surface area contributed by atoms with E-state index < -0.39 is 0 Å². The molecule has 0 aromatic carbocycles. The lowest BCUT2D eigenvalue weighted by molar-refractivity contribution is 0.627. The fraction of sp³-hybridized carbons (Fsp3) is 0.444. The van der Waals surface area contributed by atoms with Crippen molar-refractivity contribution in [3.8, 4) is 0 Å². The second-order valence-corrected chi connectivity index (χ2v) is 4.30. The van der Waals surface area contributed by atoms with E-state index in [9.17, 15) is 0 Å². The lowest BCUT2D eigenvalue weighted by Gasteiger charge is -2.08. The normalized spacial score (nSPS) is 22.9. The molecular formula is C9H11IN2. The highest BCUT2D eigenvalue weighted by Gasteiger charge is 2.16. The molecule has 0 saturated carbocycles. The smallest absolute Gasteiger partial charge is 0.0573 e. The average molecular weight is 274 g/mol. The standard InChI is InChI=1S/C9H11IN2/c10-7-3-4-9(12-6-7)8-2-1-5-11-8/h3-4,6,8,11H,1-2,5H2/t8-/m1/s1. The van der Waals surface area contributed by atoms with Gasteiger partial charge in [0.1, 0.15) is 0 Å². The Morgan fingerprint density at radius 1 is 1.50 bits per heavy atom. The largest absolute Gasteiger partial charge is 0.309 e. The van der Waals surface area contributed by atoms with Crippen molar-refractivity contribution in [1.29, 1.82) is 0 Å². The maximum Gasteiger partial charge on any atom is 0.0573 e. The summed E-state index contributed by atoms with van der Waals surface area (Å²) in [5.41, 5.74) is 1.19. The molecule has 1 fully saturated rings. The molecule has 1 aliphatic heterocycles. The fourth-order valence-corrected chi connectivity index (χ4v) is 1.85. The van der Waals surface area contributed by atoms with E-state index in [0.717, 1.165) is 6.54 Å². The molecule has 0 bridgehead atoms. The van der Waals surface area contributed by atoms with Crippen LogP contribution in [0.15, 0.2) is 18.3 Å². The van der Waals surface area contributed by atoms with Crippen molar-refractivity contribution in [2.24, 2.45) is 0 Å². The summed E-state index contributed by atoms with van der Waals surface area (Å²) in [6.07, 6.45) is 4.43. The van der Waals surface area contributed by atoms with Crippen LogP contribution in [-0.2, 0) is 0 Å². The molecule has 0 unspecified atom stereocenters. The van der Waals surface area contributed by atoms with E-state index in [2.05, 4.69) is 45.0 Å². The van der Waals surface area contributed by atoms with Gasteiger partial charge in [-0.15, -0.1) is 0 Å². The van der Waals surface area contributed by atoms with Crippen LogP contribution in [0.3, 0.4) is 0 Å². The Labute approximate surface area is 85.9 Å². The monoisotopic (exact) mass is 274 g/mol. The van der Waals surface area contributed by atoms with Crippen LogP contribution in [0, 0.1) is 3.57 Å². The van der Waals surface area contributed by atoms with Gasteiger partial charge in [-0.25, -0.2) is 0 Å². The lowest BCUT2D eigenvalue weighted by Crippen LogP contribution is -2.13. The Morgan fingerprint density at radius 3 is 3.00 bits per heavy atom. The minimum atomic E-state index is 0.502. The summed E-state index contributed by atoms with van der Waals surface area (Å²) in [7, 11) is 0. The molecule has 64 valence electrons. The van der Waals surface area contributed by atoms with Gasteiger partial charge >= 0.3 is 0 Å². The molecule has 1 aromatic rings. The van der Waals surface area contributed by atoms with E-state index in [1.54, 1.807) is 0 Å². The zero-order chi connectivity index (χ0) is 8.39. The number of hydrogen-bond acceptors (Lipinski definition) is 2. The summed E-state index contributed by atoms with van der Waals surface area (Å²) in [5.74, 6) is 0. The zero-order valence-electron chi connectivity index (χ0n) is 6.76. The van der Waals surface area contributed by atoms with Gasteiger partial charge in [0.25, 0.3) is 0 Å². The summed E-state index contributed by atoms with van der Waals surface area (Å²) in [6.45, 7) is 1.14. The summed E-state index contributed by atoms with van der Waals surface area (Å²) in [5, 5.41) is 3.43. The third-order valence-electron chi connectivity index (χ3n) is 2.17. The molecule has 12 heavy (non-hydrogen) atoms. The zero-order valence-corrected chi connectivity index (χ0v) is 8.91. The van der Waals surface area contributed by atoms with E-state index in [-0.39, 0.29) is 0 Å². The number of hydrogen-bond donors (Lipinski definition) is 1. The first-order valence-electron chi connectivity index (χ1n) is 4.21. The SMILES string of the molecule is Ic1ccc([C@H]2CCCN2)nc1. The van der Waals surface area contributed by atoms with E-state index >= 15 is 0 Å². The Bertz CT molecular complexity index is 252. The first-order chi connectivity index (χ1) is 5.86. The minimum absolute atomic E-state index is 0.502. The maximum absolute atomic E-state index is 4.39. The predicted octanol–water partition coefficient (Wildman–Crippen LogP) is 2.11. The van der Waals surface area contributed by atoms with Crippen LogP contribution in [0.25, 0.3) is 0 Å². The highest BCUT2D eigenvalue weighted by molar-refractivity contribution is 14.1. The van der Waals surface area contributed by atoms with Gasteiger partial charge in [-0.1, -0.05) is 0 Å². The first kappa shape index (κ1) is 8.44. The number of pyridine rings is 1. The second-order valence-electron chi connectivity index (χ2n) is 3.05. The highest BCUT2D eigenvalue weighted by Crippen LogP contribution is 2.21. The molecule has 1 N–H and O–H groups in total. The molecule has 2 nitrogen and oxygen atoms in total. The fourth-order valence-electron chi connectivity index (χ4n) is 1.53. The Morgan fingerprint density at radius 2 is 2.42 bits per heavy atom. The van der Waals surface area contributed by atoms with Crippen molar-refractivity contribution in [1.82, 2.24) is 10.3 Å². The van der Waals surface area contributed by atoms with Crippen LogP contribution in [0.4, 0.5) is 0 Å². The van der Waals surface area contributed by atoms with Crippen molar-refractivity contribution in [2.75, 3.05) is 6.54 Å². The maximum atomic E-state index is 4.39. The molecule has 0 spiro atoms. The van der Waals surface area contributed by atoms with Crippen LogP contribution in [-0.4, -0.2) is 11.5 Å². The molecule has 1 aromatic heterocycles. The summed E-state index contributed by atoms with van der Waals surface area (Å²) >= 11 is 2.28. The molecule has 0 amide bonds. The average Bonchev–Trinajstić information content (AvgIpc) is 2.58. The van der Waals surface area contributed by atoms with Gasteiger partial charge in [-0.05, 0) is 54.1 Å². The molecule has 3 heteroatoms.